The van der Waals surface area contributed by atoms with Crippen LogP contribution in [0.3, 0.4) is 0 Å². The largest absolute Gasteiger partial charge is 0.527 e. The zero-order chi connectivity index (χ0) is 14.9. The Morgan fingerprint density at radius 3 is 2.05 bits per heavy atom. The summed E-state index contributed by atoms with van der Waals surface area (Å²) in [4.78, 5) is 9.80. The number of rotatable bonds is 3. The van der Waals surface area contributed by atoms with Gasteiger partial charge in [-0.15, -0.1) is 0 Å². The van der Waals surface area contributed by atoms with Crippen LogP contribution in [0.4, 0.5) is 0 Å². The summed E-state index contributed by atoms with van der Waals surface area (Å²) < 4.78 is 22.3. The molecule has 0 saturated heterocycles. The summed E-state index contributed by atoms with van der Waals surface area (Å²) in [6.07, 6.45) is 0. The van der Waals surface area contributed by atoms with Crippen molar-refractivity contribution in [1.29, 1.82) is 0 Å². The van der Waals surface area contributed by atoms with E-state index in [1.165, 1.54) is 0 Å². The molecule has 0 aromatic heterocycles. The summed E-state index contributed by atoms with van der Waals surface area (Å²) in [7, 11) is -4.13. The summed E-state index contributed by atoms with van der Waals surface area (Å²) in [5, 5.41) is 0. The molecule has 0 spiro atoms. The van der Waals surface area contributed by atoms with Gasteiger partial charge in [-0.3, -0.25) is 9.42 Å². The van der Waals surface area contributed by atoms with Crippen molar-refractivity contribution in [3.05, 3.63) is 29.8 Å². The van der Waals surface area contributed by atoms with Crippen LogP contribution in [0.2, 0.25) is 0 Å². The van der Waals surface area contributed by atoms with Crippen LogP contribution in [0.15, 0.2) is 24.3 Å². The molecule has 1 aromatic carbocycles. The van der Waals surface area contributed by atoms with Crippen molar-refractivity contribution in [2.45, 2.75) is 52.6 Å². The van der Waals surface area contributed by atoms with E-state index in [4.69, 9.17) is 9.05 Å². The van der Waals surface area contributed by atoms with Gasteiger partial charge in [0.25, 0.3) is 0 Å². The van der Waals surface area contributed by atoms with Crippen LogP contribution in [0.1, 0.15) is 47.1 Å². The lowest BCUT2D eigenvalue weighted by Crippen LogP contribution is -2.19. The molecule has 1 aromatic rings. The highest BCUT2D eigenvalue weighted by Gasteiger charge is 2.32. The summed E-state index contributed by atoms with van der Waals surface area (Å²) in [6.45, 7) is 11.2. The molecule has 0 bridgehead atoms. The van der Waals surface area contributed by atoms with E-state index in [0.29, 0.717) is 5.75 Å². The normalized spacial score (nSPS) is 15.9. The van der Waals surface area contributed by atoms with Gasteiger partial charge in [-0.25, -0.2) is 4.57 Å². The minimum atomic E-state index is -4.13. The van der Waals surface area contributed by atoms with Gasteiger partial charge >= 0.3 is 7.82 Å². The van der Waals surface area contributed by atoms with E-state index in [1.54, 1.807) is 32.9 Å². The highest BCUT2D eigenvalue weighted by molar-refractivity contribution is 7.47. The maximum absolute atomic E-state index is 12.0. The highest BCUT2D eigenvalue weighted by Crippen LogP contribution is 2.49. The Labute approximate surface area is 115 Å². The van der Waals surface area contributed by atoms with E-state index >= 15 is 0 Å². The van der Waals surface area contributed by atoms with Crippen LogP contribution in [0.5, 0.6) is 5.75 Å². The second-order valence-corrected chi connectivity index (χ2v) is 7.81. The second kappa shape index (κ2) is 5.28. The van der Waals surface area contributed by atoms with E-state index in [-0.39, 0.29) is 5.41 Å². The summed E-state index contributed by atoms with van der Waals surface area (Å²) >= 11 is 0. The van der Waals surface area contributed by atoms with Crippen molar-refractivity contribution >= 4 is 7.82 Å². The van der Waals surface area contributed by atoms with Crippen molar-refractivity contribution in [1.82, 2.24) is 0 Å². The first-order chi connectivity index (χ1) is 8.41. The molecule has 5 heteroatoms. The minimum absolute atomic E-state index is 0.182. The van der Waals surface area contributed by atoms with Crippen molar-refractivity contribution in [2.24, 2.45) is 0 Å². The molecule has 19 heavy (non-hydrogen) atoms. The zero-order valence-corrected chi connectivity index (χ0v) is 13.3. The van der Waals surface area contributed by atoms with Gasteiger partial charge < -0.3 is 4.52 Å². The van der Waals surface area contributed by atoms with Crippen LogP contribution in [0, 0.1) is 0 Å². The maximum Gasteiger partial charge on any atom is 0.527 e. The molecule has 0 aliphatic heterocycles. The number of benzene rings is 1. The Kier molecular flexibility index (Phi) is 4.51. The number of phosphoric acid groups is 1. The lowest BCUT2D eigenvalue weighted by Gasteiger charge is -2.26. The van der Waals surface area contributed by atoms with E-state index in [2.05, 4.69) is 0 Å². The first-order valence-electron chi connectivity index (χ1n) is 6.23. The highest BCUT2D eigenvalue weighted by atomic mass is 31.2. The SMILES string of the molecule is CC(C)(C)OP(=O)(O)Oc1ccccc1C(C)(C)C. The topological polar surface area (TPSA) is 55.8 Å². The van der Waals surface area contributed by atoms with E-state index in [1.807, 2.05) is 32.9 Å². The summed E-state index contributed by atoms with van der Waals surface area (Å²) in [6, 6.07) is 7.20. The molecular weight excluding hydrogens is 263 g/mol. The molecule has 0 radical (unpaired) electrons. The van der Waals surface area contributed by atoms with Crippen LogP contribution >= 0.6 is 7.82 Å². The smallest absolute Gasteiger partial charge is 0.404 e. The van der Waals surface area contributed by atoms with Gasteiger partial charge in [-0.2, -0.15) is 0 Å². The van der Waals surface area contributed by atoms with Crippen molar-refractivity contribution < 1.29 is 18.5 Å². The molecule has 0 aliphatic carbocycles. The average molecular weight is 286 g/mol. The lowest BCUT2D eigenvalue weighted by atomic mass is 9.86. The molecule has 0 fully saturated rings. The summed E-state index contributed by atoms with van der Waals surface area (Å²) in [5.74, 6) is 0.380. The fraction of sp³-hybridized carbons (Fsp3) is 0.571. The standard InChI is InChI=1S/C14H23O4P/c1-13(2,3)11-9-7-8-10-12(11)17-19(15,16)18-14(4,5)6/h7-10H,1-6H3,(H,15,16). The quantitative estimate of drug-likeness (QED) is 0.843. The molecule has 1 rings (SSSR count). The van der Waals surface area contributed by atoms with Crippen LogP contribution in [-0.4, -0.2) is 10.5 Å². The Bertz CT molecular complexity index is 483. The van der Waals surface area contributed by atoms with E-state index in [0.717, 1.165) is 5.56 Å². The molecule has 108 valence electrons. The van der Waals surface area contributed by atoms with Gasteiger partial charge in [0.2, 0.25) is 0 Å². The van der Waals surface area contributed by atoms with Gasteiger partial charge in [-0.05, 0) is 32.3 Å². The van der Waals surface area contributed by atoms with E-state index < -0.39 is 13.4 Å². The fourth-order valence-electron chi connectivity index (χ4n) is 1.65. The molecule has 4 nitrogen and oxygen atoms in total. The predicted molar refractivity (Wildman–Crippen MR) is 76.4 cm³/mol. The number of para-hydroxylation sites is 1. The number of phosphoric ester groups is 1. The molecule has 1 unspecified atom stereocenters. The third-order valence-corrected chi connectivity index (χ3v) is 3.50. The van der Waals surface area contributed by atoms with Gasteiger partial charge in [0.05, 0.1) is 5.60 Å². The van der Waals surface area contributed by atoms with Gasteiger partial charge in [0, 0.05) is 5.56 Å². The monoisotopic (exact) mass is 286 g/mol. The first kappa shape index (κ1) is 16.2. The molecule has 0 aliphatic rings. The Morgan fingerprint density at radius 1 is 1.05 bits per heavy atom. The van der Waals surface area contributed by atoms with Crippen LogP contribution in [0.25, 0.3) is 0 Å². The van der Waals surface area contributed by atoms with Crippen molar-refractivity contribution in [3.8, 4) is 5.75 Å². The molecular formula is C14H23O4P. The molecule has 0 heterocycles. The molecule has 0 amide bonds. The Balaban J connectivity index is 3.04. The van der Waals surface area contributed by atoms with Crippen LogP contribution in [-0.2, 0) is 14.5 Å². The molecule has 1 N–H and O–H groups in total. The van der Waals surface area contributed by atoms with E-state index in [9.17, 15) is 9.46 Å². The third-order valence-electron chi connectivity index (χ3n) is 2.30. The Hall–Kier alpha value is -0.830. The lowest BCUT2D eigenvalue weighted by molar-refractivity contribution is 0.0844. The van der Waals surface area contributed by atoms with Gasteiger partial charge in [0.15, 0.2) is 0 Å². The molecule has 0 saturated carbocycles. The third kappa shape index (κ3) is 5.35. The second-order valence-electron chi connectivity index (χ2n) is 6.51. The van der Waals surface area contributed by atoms with Crippen LogP contribution < -0.4 is 4.52 Å². The minimum Gasteiger partial charge on any atom is -0.404 e. The van der Waals surface area contributed by atoms with Crippen molar-refractivity contribution in [2.75, 3.05) is 0 Å². The maximum atomic E-state index is 12.0. The molecule has 1 atom stereocenters. The number of hydrogen-bond donors (Lipinski definition) is 1. The van der Waals surface area contributed by atoms with Gasteiger partial charge in [0.1, 0.15) is 5.75 Å². The fourth-order valence-corrected chi connectivity index (χ4v) is 2.79. The Morgan fingerprint density at radius 2 is 1.58 bits per heavy atom. The summed E-state index contributed by atoms with van der Waals surface area (Å²) in [5.41, 5.74) is -0.0685. The average Bonchev–Trinajstić information content (AvgIpc) is 2.11. The number of hydrogen-bond acceptors (Lipinski definition) is 3. The first-order valence-corrected chi connectivity index (χ1v) is 7.73. The van der Waals surface area contributed by atoms with Crippen molar-refractivity contribution in [3.63, 3.8) is 0 Å². The van der Waals surface area contributed by atoms with Gasteiger partial charge in [-0.1, -0.05) is 39.0 Å². The predicted octanol–water partition coefficient (Wildman–Crippen LogP) is 4.28. The zero-order valence-electron chi connectivity index (χ0n) is 12.4.